The minimum atomic E-state index is -3.95. The molecule has 0 saturated heterocycles. The number of carbonyl (C=O) groups excluding carboxylic acids is 1. The normalized spacial score (nSPS) is 12.2. The Labute approximate surface area is 174 Å². The monoisotopic (exact) mass is 442 g/mol. The molecular weight excluding hydrogens is 418 g/mol. The van der Waals surface area contributed by atoms with Crippen molar-refractivity contribution >= 4 is 21.6 Å². The average molecular weight is 442 g/mol. The van der Waals surface area contributed by atoms with E-state index >= 15 is 0 Å². The van der Waals surface area contributed by atoms with Crippen LogP contribution in [0.4, 0.5) is 14.5 Å². The van der Waals surface area contributed by atoms with Crippen molar-refractivity contribution in [2.24, 2.45) is 0 Å². The molecule has 0 aliphatic heterocycles. The molecule has 0 aliphatic carbocycles. The van der Waals surface area contributed by atoms with Gasteiger partial charge in [0.1, 0.15) is 6.04 Å². The summed E-state index contributed by atoms with van der Waals surface area (Å²) >= 11 is 0. The Balaban J connectivity index is 2.20. The number of nitrogens with zero attached hydrogens (tertiary/aromatic N) is 1. The smallest absolute Gasteiger partial charge is 0.243 e. The van der Waals surface area contributed by atoms with Crippen LogP contribution in [-0.4, -0.2) is 40.3 Å². The Bertz CT molecular complexity index is 1010. The summed E-state index contributed by atoms with van der Waals surface area (Å²) in [6, 6.07) is 6.57. The number of nitrogens with one attached hydrogen (secondary N) is 1. The maximum Gasteiger partial charge on any atom is 0.243 e. The number of amides is 1. The third kappa shape index (κ3) is 5.59. The molecule has 0 aliphatic rings. The van der Waals surface area contributed by atoms with E-state index in [1.165, 1.54) is 14.0 Å². The fourth-order valence-corrected chi connectivity index (χ4v) is 4.03. The molecule has 1 N–H and O–H groups in total. The van der Waals surface area contributed by atoms with Crippen molar-refractivity contribution in [3.8, 4) is 11.5 Å². The zero-order chi connectivity index (χ0) is 22.5. The lowest BCUT2D eigenvalue weighted by molar-refractivity contribution is -0.122. The number of hydrogen-bond donors (Lipinski definition) is 1. The molecule has 1 unspecified atom stereocenters. The molecule has 10 heteroatoms. The van der Waals surface area contributed by atoms with Gasteiger partial charge in [0.05, 0.1) is 25.7 Å². The summed E-state index contributed by atoms with van der Waals surface area (Å²) in [7, 11) is -2.44. The topological polar surface area (TPSA) is 84.9 Å². The van der Waals surface area contributed by atoms with Gasteiger partial charge >= 0.3 is 0 Å². The SMILES string of the molecule is CCOc1cc(CNC(=O)C(C)N(c2ccc(F)c(F)c2)S(C)(=O)=O)ccc1OC. The maximum absolute atomic E-state index is 13.6. The van der Waals surface area contributed by atoms with Crippen LogP contribution in [0, 0.1) is 11.6 Å². The van der Waals surface area contributed by atoms with Crippen LogP contribution in [-0.2, 0) is 21.4 Å². The Morgan fingerprint density at radius 2 is 1.83 bits per heavy atom. The fourth-order valence-electron chi connectivity index (χ4n) is 2.87. The lowest BCUT2D eigenvalue weighted by Gasteiger charge is -2.28. The molecule has 2 rings (SSSR count). The highest BCUT2D eigenvalue weighted by Crippen LogP contribution is 2.28. The number of benzene rings is 2. The first kappa shape index (κ1) is 23.4. The zero-order valence-electron chi connectivity index (χ0n) is 17.1. The van der Waals surface area contributed by atoms with Gasteiger partial charge in [0.15, 0.2) is 23.1 Å². The van der Waals surface area contributed by atoms with Gasteiger partial charge in [-0.2, -0.15) is 0 Å². The van der Waals surface area contributed by atoms with E-state index < -0.39 is 33.6 Å². The highest BCUT2D eigenvalue weighted by molar-refractivity contribution is 7.92. The van der Waals surface area contributed by atoms with Crippen molar-refractivity contribution in [1.29, 1.82) is 0 Å². The van der Waals surface area contributed by atoms with Crippen molar-refractivity contribution in [3.05, 3.63) is 53.6 Å². The van der Waals surface area contributed by atoms with Crippen molar-refractivity contribution in [3.63, 3.8) is 0 Å². The fraction of sp³-hybridized carbons (Fsp3) is 0.350. The quantitative estimate of drug-likeness (QED) is 0.646. The molecule has 0 heterocycles. The molecule has 7 nitrogen and oxygen atoms in total. The van der Waals surface area contributed by atoms with E-state index in [4.69, 9.17) is 9.47 Å². The molecule has 0 spiro atoms. The predicted octanol–water partition coefficient (Wildman–Crippen LogP) is 2.84. The number of carbonyl (C=O) groups is 1. The van der Waals surface area contributed by atoms with Gasteiger partial charge in [-0.25, -0.2) is 17.2 Å². The number of methoxy groups -OCH3 is 1. The second-order valence-electron chi connectivity index (χ2n) is 6.47. The number of sulfonamides is 1. The number of ether oxygens (including phenoxy) is 2. The van der Waals surface area contributed by atoms with Gasteiger partial charge < -0.3 is 14.8 Å². The molecule has 1 amide bonds. The van der Waals surface area contributed by atoms with Crippen LogP contribution in [0.25, 0.3) is 0 Å². The van der Waals surface area contributed by atoms with Gasteiger partial charge in [0, 0.05) is 12.6 Å². The van der Waals surface area contributed by atoms with E-state index in [2.05, 4.69) is 5.32 Å². The molecule has 0 bridgehead atoms. The van der Waals surface area contributed by atoms with Gasteiger partial charge in [-0.15, -0.1) is 0 Å². The Kier molecular flexibility index (Phi) is 7.60. The Morgan fingerprint density at radius 3 is 2.40 bits per heavy atom. The summed E-state index contributed by atoms with van der Waals surface area (Å²) in [6.45, 7) is 3.72. The summed E-state index contributed by atoms with van der Waals surface area (Å²) < 4.78 is 62.7. The second kappa shape index (κ2) is 9.75. The first-order valence-corrected chi connectivity index (χ1v) is 10.9. The average Bonchev–Trinajstić information content (AvgIpc) is 2.68. The van der Waals surface area contributed by atoms with Crippen molar-refractivity contribution in [2.75, 3.05) is 24.3 Å². The zero-order valence-corrected chi connectivity index (χ0v) is 17.9. The van der Waals surface area contributed by atoms with Crippen LogP contribution in [0.1, 0.15) is 19.4 Å². The van der Waals surface area contributed by atoms with E-state index in [0.29, 0.717) is 23.7 Å². The minimum Gasteiger partial charge on any atom is -0.493 e. The molecule has 2 aromatic rings. The van der Waals surface area contributed by atoms with Crippen molar-refractivity contribution in [1.82, 2.24) is 5.32 Å². The van der Waals surface area contributed by atoms with E-state index in [0.717, 1.165) is 28.8 Å². The van der Waals surface area contributed by atoms with E-state index in [1.807, 2.05) is 6.92 Å². The lowest BCUT2D eigenvalue weighted by atomic mass is 10.2. The predicted molar refractivity (Wildman–Crippen MR) is 109 cm³/mol. The summed E-state index contributed by atoms with van der Waals surface area (Å²) in [5.74, 6) is -1.88. The summed E-state index contributed by atoms with van der Waals surface area (Å²) in [4.78, 5) is 12.6. The number of halogens is 2. The van der Waals surface area contributed by atoms with Gasteiger partial charge in [0.25, 0.3) is 0 Å². The van der Waals surface area contributed by atoms with Crippen LogP contribution >= 0.6 is 0 Å². The Morgan fingerprint density at radius 1 is 1.13 bits per heavy atom. The van der Waals surface area contributed by atoms with E-state index in [1.54, 1.807) is 18.2 Å². The van der Waals surface area contributed by atoms with Crippen LogP contribution in [0.2, 0.25) is 0 Å². The molecule has 164 valence electrons. The third-order valence-electron chi connectivity index (χ3n) is 4.24. The van der Waals surface area contributed by atoms with Crippen LogP contribution < -0.4 is 19.1 Å². The largest absolute Gasteiger partial charge is 0.493 e. The highest BCUT2D eigenvalue weighted by Gasteiger charge is 2.29. The summed E-state index contributed by atoms with van der Waals surface area (Å²) in [6.07, 6.45) is 0.885. The summed E-state index contributed by atoms with van der Waals surface area (Å²) in [5.41, 5.74) is 0.556. The standard InChI is InChI=1S/C20H24F2N2O5S/c1-5-29-19-10-14(6-9-18(19)28-3)12-23-20(25)13(2)24(30(4,26)27)15-7-8-16(21)17(22)11-15/h6-11,13H,5,12H2,1-4H3,(H,23,25). The van der Waals surface area contributed by atoms with Crippen LogP contribution in [0.15, 0.2) is 36.4 Å². The number of anilines is 1. The maximum atomic E-state index is 13.6. The molecule has 1 atom stereocenters. The lowest BCUT2D eigenvalue weighted by Crippen LogP contribution is -2.47. The first-order valence-electron chi connectivity index (χ1n) is 9.10. The third-order valence-corrected chi connectivity index (χ3v) is 5.48. The molecule has 2 aromatic carbocycles. The molecule has 0 radical (unpaired) electrons. The molecule has 0 fully saturated rings. The van der Waals surface area contributed by atoms with E-state index in [9.17, 15) is 22.0 Å². The van der Waals surface area contributed by atoms with E-state index in [-0.39, 0.29) is 12.2 Å². The van der Waals surface area contributed by atoms with Gasteiger partial charge in [-0.3, -0.25) is 9.10 Å². The summed E-state index contributed by atoms with van der Waals surface area (Å²) in [5, 5.41) is 2.64. The molecule has 0 saturated carbocycles. The van der Waals surface area contributed by atoms with Crippen molar-refractivity contribution in [2.45, 2.75) is 26.4 Å². The van der Waals surface area contributed by atoms with Gasteiger partial charge in [-0.05, 0) is 43.7 Å². The Hall–Kier alpha value is -2.88. The van der Waals surface area contributed by atoms with Gasteiger partial charge in [0.2, 0.25) is 15.9 Å². The van der Waals surface area contributed by atoms with Gasteiger partial charge in [-0.1, -0.05) is 6.07 Å². The van der Waals surface area contributed by atoms with Crippen molar-refractivity contribution < 1.29 is 31.5 Å². The van der Waals surface area contributed by atoms with Crippen LogP contribution in [0.5, 0.6) is 11.5 Å². The number of hydrogen-bond acceptors (Lipinski definition) is 5. The highest BCUT2D eigenvalue weighted by atomic mass is 32.2. The molecular formula is C20H24F2N2O5S. The molecule has 0 aromatic heterocycles. The first-order chi connectivity index (χ1) is 14.1. The molecule has 30 heavy (non-hydrogen) atoms. The minimum absolute atomic E-state index is 0.0998. The van der Waals surface area contributed by atoms with Crippen LogP contribution in [0.3, 0.4) is 0 Å². The second-order valence-corrected chi connectivity index (χ2v) is 8.33. The number of rotatable bonds is 9.